The predicted molar refractivity (Wildman–Crippen MR) is 76.1 cm³/mol. The Morgan fingerprint density at radius 3 is 2.63 bits per heavy atom. The molecule has 0 aromatic heterocycles. The van der Waals surface area contributed by atoms with E-state index in [1.807, 2.05) is 6.92 Å². The third-order valence-electron chi connectivity index (χ3n) is 2.57. The third kappa shape index (κ3) is 4.95. The number of benzene rings is 1. The second-order valence-electron chi connectivity index (χ2n) is 4.01. The molecule has 104 valence electrons. The van der Waals surface area contributed by atoms with Crippen molar-refractivity contribution >= 4 is 23.5 Å². The molecule has 0 spiro atoms. The van der Waals surface area contributed by atoms with Gasteiger partial charge in [0, 0.05) is 5.75 Å². The molecule has 4 nitrogen and oxygen atoms in total. The highest BCUT2D eigenvalue weighted by Crippen LogP contribution is 2.20. The third-order valence-corrected chi connectivity index (χ3v) is 3.91. The first-order valence-corrected chi connectivity index (χ1v) is 7.18. The van der Waals surface area contributed by atoms with Crippen LogP contribution in [0.1, 0.15) is 30.6 Å². The Labute approximate surface area is 117 Å². The van der Waals surface area contributed by atoms with Crippen molar-refractivity contribution < 1.29 is 19.4 Å². The quantitative estimate of drug-likeness (QED) is 0.586. The van der Waals surface area contributed by atoms with Crippen LogP contribution in [-0.4, -0.2) is 34.5 Å². The summed E-state index contributed by atoms with van der Waals surface area (Å²) in [4.78, 5) is 22.2. The standard InChI is InChI=1S/C14H18O4S/c1-3-13(14(16)17)19-9-8-18-12-7-5-4-6-11(12)10(2)15/h4-7,13H,3,8-9H2,1-2H3,(H,16,17). The van der Waals surface area contributed by atoms with Crippen molar-refractivity contribution in [2.75, 3.05) is 12.4 Å². The molecule has 0 fully saturated rings. The van der Waals surface area contributed by atoms with E-state index >= 15 is 0 Å². The molecule has 0 heterocycles. The Morgan fingerprint density at radius 2 is 2.05 bits per heavy atom. The van der Waals surface area contributed by atoms with Gasteiger partial charge in [0.2, 0.25) is 0 Å². The van der Waals surface area contributed by atoms with E-state index in [1.165, 1.54) is 18.7 Å². The van der Waals surface area contributed by atoms with Crippen molar-refractivity contribution in [1.82, 2.24) is 0 Å². The number of para-hydroxylation sites is 1. The van der Waals surface area contributed by atoms with Gasteiger partial charge in [-0.05, 0) is 25.5 Å². The van der Waals surface area contributed by atoms with Crippen molar-refractivity contribution in [2.24, 2.45) is 0 Å². The number of hydrogen-bond donors (Lipinski definition) is 1. The first-order chi connectivity index (χ1) is 9.06. The topological polar surface area (TPSA) is 63.6 Å². The van der Waals surface area contributed by atoms with Gasteiger partial charge in [0.15, 0.2) is 5.78 Å². The number of carboxylic acid groups (broad SMARTS) is 1. The van der Waals surface area contributed by atoms with Crippen LogP contribution in [0.2, 0.25) is 0 Å². The zero-order valence-electron chi connectivity index (χ0n) is 11.1. The minimum atomic E-state index is -0.795. The molecule has 0 aliphatic carbocycles. The highest BCUT2D eigenvalue weighted by Gasteiger charge is 2.15. The average molecular weight is 282 g/mol. The van der Waals surface area contributed by atoms with Gasteiger partial charge in [-0.2, -0.15) is 0 Å². The maximum absolute atomic E-state index is 11.4. The highest BCUT2D eigenvalue weighted by molar-refractivity contribution is 8.00. The minimum Gasteiger partial charge on any atom is -0.492 e. The predicted octanol–water partition coefficient (Wildman–Crippen LogP) is 2.86. The number of thioether (sulfide) groups is 1. The number of carbonyl (C=O) groups excluding carboxylic acids is 1. The summed E-state index contributed by atoms with van der Waals surface area (Å²) in [6.45, 7) is 3.73. The molecule has 0 saturated carbocycles. The molecular formula is C14H18O4S. The summed E-state index contributed by atoms with van der Waals surface area (Å²) in [7, 11) is 0. The fraction of sp³-hybridized carbons (Fsp3) is 0.429. The number of rotatable bonds is 8. The molecule has 0 saturated heterocycles. The summed E-state index contributed by atoms with van der Waals surface area (Å²) in [6.07, 6.45) is 0.587. The molecule has 1 N–H and O–H groups in total. The first kappa shape index (κ1) is 15.6. The molecule has 1 aromatic carbocycles. The Bertz CT molecular complexity index is 445. The lowest BCUT2D eigenvalue weighted by atomic mass is 10.1. The van der Waals surface area contributed by atoms with E-state index in [2.05, 4.69) is 0 Å². The molecule has 0 bridgehead atoms. The van der Waals surface area contributed by atoms with Crippen LogP contribution >= 0.6 is 11.8 Å². The van der Waals surface area contributed by atoms with Crippen molar-refractivity contribution in [2.45, 2.75) is 25.5 Å². The van der Waals surface area contributed by atoms with Crippen LogP contribution in [0.25, 0.3) is 0 Å². The van der Waals surface area contributed by atoms with E-state index in [9.17, 15) is 9.59 Å². The summed E-state index contributed by atoms with van der Waals surface area (Å²) in [6, 6.07) is 7.06. The largest absolute Gasteiger partial charge is 0.492 e. The fourth-order valence-electron chi connectivity index (χ4n) is 1.59. The van der Waals surface area contributed by atoms with Gasteiger partial charge in [0.1, 0.15) is 11.0 Å². The molecule has 19 heavy (non-hydrogen) atoms. The summed E-state index contributed by atoms with van der Waals surface area (Å²) in [5.41, 5.74) is 0.553. The second kappa shape index (κ2) is 7.84. The molecule has 0 aliphatic rings. The summed E-state index contributed by atoms with van der Waals surface area (Å²) >= 11 is 1.35. The van der Waals surface area contributed by atoms with Crippen LogP contribution in [0.4, 0.5) is 0 Å². The van der Waals surface area contributed by atoms with E-state index < -0.39 is 11.2 Å². The van der Waals surface area contributed by atoms with Crippen molar-refractivity contribution in [3.05, 3.63) is 29.8 Å². The summed E-state index contributed by atoms with van der Waals surface area (Å²) < 4.78 is 5.54. The smallest absolute Gasteiger partial charge is 0.316 e. The van der Waals surface area contributed by atoms with E-state index in [-0.39, 0.29) is 5.78 Å². The first-order valence-electron chi connectivity index (χ1n) is 6.13. The number of ether oxygens (including phenoxy) is 1. The summed E-state index contributed by atoms with van der Waals surface area (Å²) in [5.74, 6) is 0.299. The summed E-state index contributed by atoms with van der Waals surface area (Å²) in [5, 5.41) is 8.50. The van der Waals surface area contributed by atoms with Crippen LogP contribution < -0.4 is 4.74 Å². The van der Waals surface area contributed by atoms with Gasteiger partial charge < -0.3 is 9.84 Å². The minimum absolute atomic E-state index is 0.0415. The van der Waals surface area contributed by atoms with Crippen LogP contribution in [0.3, 0.4) is 0 Å². The normalized spacial score (nSPS) is 11.9. The Kier molecular flexibility index (Phi) is 6.42. The number of carboxylic acids is 1. The molecule has 1 rings (SSSR count). The molecule has 1 atom stereocenters. The van der Waals surface area contributed by atoms with Gasteiger partial charge in [0.05, 0.1) is 12.2 Å². The Balaban J connectivity index is 2.45. The lowest BCUT2D eigenvalue weighted by Gasteiger charge is -2.11. The van der Waals surface area contributed by atoms with E-state index in [4.69, 9.17) is 9.84 Å². The van der Waals surface area contributed by atoms with Crippen LogP contribution in [0.15, 0.2) is 24.3 Å². The number of hydrogen-bond acceptors (Lipinski definition) is 4. The van der Waals surface area contributed by atoms with Crippen LogP contribution in [-0.2, 0) is 4.79 Å². The maximum atomic E-state index is 11.4. The molecule has 1 aromatic rings. The SMILES string of the molecule is CCC(SCCOc1ccccc1C(C)=O)C(=O)O. The monoisotopic (exact) mass is 282 g/mol. The zero-order valence-corrected chi connectivity index (χ0v) is 11.9. The number of Topliss-reactive ketones (excluding diaryl/α,β-unsaturated/α-hetero) is 1. The van der Waals surface area contributed by atoms with Gasteiger partial charge in [-0.25, -0.2) is 0 Å². The maximum Gasteiger partial charge on any atom is 0.316 e. The van der Waals surface area contributed by atoms with E-state index in [1.54, 1.807) is 24.3 Å². The average Bonchev–Trinajstić information content (AvgIpc) is 2.38. The number of aliphatic carboxylic acids is 1. The number of ketones is 1. The molecular weight excluding hydrogens is 264 g/mol. The van der Waals surface area contributed by atoms with Crippen molar-refractivity contribution in [3.8, 4) is 5.75 Å². The van der Waals surface area contributed by atoms with E-state index in [0.29, 0.717) is 30.1 Å². The van der Waals surface area contributed by atoms with E-state index in [0.717, 1.165) is 0 Å². The van der Waals surface area contributed by atoms with Gasteiger partial charge in [0.25, 0.3) is 0 Å². The van der Waals surface area contributed by atoms with Crippen molar-refractivity contribution in [1.29, 1.82) is 0 Å². The zero-order chi connectivity index (χ0) is 14.3. The Morgan fingerprint density at radius 1 is 1.37 bits per heavy atom. The molecule has 0 amide bonds. The highest BCUT2D eigenvalue weighted by atomic mass is 32.2. The van der Waals surface area contributed by atoms with Crippen LogP contribution in [0, 0.1) is 0 Å². The van der Waals surface area contributed by atoms with Gasteiger partial charge in [-0.15, -0.1) is 11.8 Å². The molecule has 0 radical (unpaired) electrons. The molecule has 1 unspecified atom stereocenters. The molecule has 5 heteroatoms. The van der Waals surface area contributed by atoms with Crippen molar-refractivity contribution in [3.63, 3.8) is 0 Å². The van der Waals surface area contributed by atoms with Crippen LogP contribution in [0.5, 0.6) is 5.75 Å². The molecule has 0 aliphatic heterocycles. The van der Waals surface area contributed by atoms with Gasteiger partial charge in [-0.3, -0.25) is 9.59 Å². The number of carbonyl (C=O) groups is 2. The lowest BCUT2D eigenvalue weighted by Crippen LogP contribution is -2.17. The van der Waals surface area contributed by atoms with Gasteiger partial charge in [-0.1, -0.05) is 19.1 Å². The van der Waals surface area contributed by atoms with Gasteiger partial charge >= 0.3 is 5.97 Å². The second-order valence-corrected chi connectivity index (χ2v) is 5.32. The Hall–Kier alpha value is -1.49. The lowest BCUT2D eigenvalue weighted by molar-refractivity contribution is -0.136. The fourth-order valence-corrected chi connectivity index (χ4v) is 2.43.